The molecule has 0 aliphatic rings. The second-order valence-electron chi connectivity index (χ2n) is 7.56. The zero-order chi connectivity index (χ0) is 25.8. The summed E-state index contributed by atoms with van der Waals surface area (Å²) in [5, 5.41) is 7.65. The maximum atomic E-state index is 13.0. The Bertz CT molecular complexity index is 1520. The van der Waals surface area contributed by atoms with Gasteiger partial charge in [0, 0.05) is 16.6 Å². The number of carbonyl (C=O) groups is 1. The van der Waals surface area contributed by atoms with Crippen molar-refractivity contribution < 1.29 is 13.9 Å². The Morgan fingerprint density at radius 3 is 2.64 bits per heavy atom. The first-order valence-electron chi connectivity index (χ1n) is 10.7. The lowest BCUT2D eigenvalue weighted by Crippen LogP contribution is -2.22. The van der Waals surface area contributed by atoms with E-state index in [0.29, 0.717) is 38.9 Å². The van der Waals surface area contributed by atoms with Crippen LogP contribution in [0.1, 0.15) is 18.3 Å². The second kappa shape index (κ2) is 11.3. The topological polar surface area (TPSA) is 85.6 Å². The third kappa shape index (κ3) is 6.00. The largest absolute Gasteiger partial charge is 0.481 e. The van der Waals surface area contributed by atoms with Crippen LogP contribution in [-0.4, -0.2) is 28.4 Å². The highest BCUT2D eigenvalue weighted by Crippen LogP contribution is 2.34. The fourth-order valence-electron chi connectivity index (χ4n) is 3.33. The molecule has 0 atom stereocenters. The minimum Gasteiger partial charge on any atom is -0.481 e. The van der Waals surface area contributed by atoms with Gasteiger partial charge in [0.1, 0.15) is 11.6 Å². The maximum absolute atomic E-state index is 13.0. The smallest absolute Gasteiger partial charge is 0.282 e. The monoisotopic (exact) mass is 634 g/mol. The summed E-state index contributed by atoms with van der Waals surface area (Å²) in [6, 6.07) is 14.0. The second-order valence-corrected chi connectivity index (χ2v) is 9.74. The molecule has 0 saturated heterocycles. The number of amides is 1. The van der Waals surface area contributed by atoms with Crippen LogP contribution in [0, 0.1) is 5.82 Å². The van der Waals surface area contributed by atoms with Crippen LogP contribution in [0.15, 0.2) is 73.4 Å². The summed E-state index contributed by atoms with van der Waals surface area (Å²) in [7, 11) is 0. The first kappa shape index (κ1) is 26.0. The molecule has 4 aromatic rings. The van der Waals surface area contributed by atoms with E-state index in [-0.39, 0.29) is 22.9 Å². The van der Waals surface area contributed by atoms with Crippen LogP contribution in [0.25, 0.3) is 10.9 Å². The minimum atomic E-state index is -0.433. The van der Waals surface area contributed by atoms with E-state index in [1.54, 1.807) is 24.3 Å². The van der Waals surface area contributed by atoms with Gasteiger partial charge in [-0.15, -0.1) is 0 Å². The summed E-state index contributed by atoms with van der Waals surface area (Å²) in [4.78, 5) is 29.8. The molecule has 1 amide bonds. The van der Waals surface area contributed by atoms with Crippen molar-refractivity contribution in [1.29, 1.82) is 0 Å². The Balaban J connectivity index is 1.52. The average Bonchev–Trinajstić information content (AvgIpc) is 2.84. The number of aryl methyl sites for hydroxylation is 1. The Morgan fingerprint density at radius 1 is 1.19 bits per heavy atom. The Kier molecular flexibility index (Phi) is 8.17. The van der Waals surface area contributed by atoms with Gasteiger partial charge in [-0.1, -0.05) is 34.5 Å². The third-order valence-electron chi connectivity index (χ3n) is 5.01. The predicted molar refractivity (Wildman–Crippen MR) is 146 cm³/mol. The molecule has 0 bridgehead atoms. The van der Waals surface area contributed by atoms with E-state index >= 15 is 0 Å². The zero-order valence-corrected chi connectivity index (χ0v) is 22.7. The van der Waals surface area contributed by atoms with Crippen molar-refractivity contribution in [3.05, 3.63) is 96.1 Å². The highest BCUT2D eigenvalue weighted by Gasteiger charge is 2.13. The van der Waals surface area contributed by atoms with Crippen LogP contribution in [0.2, 0.25) is 5.02 Å². The first-order valence-corrected chi connectivity index (χ1v) is 12.6. The molecule has 36 heavy (non-hydrogen) atoms. The molecule has 0 spiro atoms. The fourth-order valence-corrected chi connectivity index (χ4v) is 4.68. The van der Waals surface area contributed by atoms with Crippen LogP contribution in [0.3, 0.4) is 0 Å². The van der Waals surface area contributed by atoms with Crippen LogP contribution < -0.4 is 15.6 Å². The number of aromatic nitrogens is 2. The first-order chi connectivity index (χ1) is 17.2. The number of nitrogens with zero attached hydrogens (tertiary/aromatic N) is 3. The van der Waals surface area contributed by atoms with E-state index in [1.165, 1.54) is 35.2 Å². The Morgan fingerprint density at radius 2 is 1.94 bits per heavy atom. The average molecular weight is 637 g/mol. The van der Waals surface area contributed by atoms with Crippen molar-refractivity contribution >= 4 is 72.2 Å². The van der Waals surface area contributed by atoms with Crippen LogP contribution in [0.5, 0.6) is 5.75 Å². The maximum Gasteiger partial charge on any atom is 0.282 e. The summed E-state index contributed by atoms with van der Waals surface area (Å²) in [6.07, 6.45) is 2.00. The van der Waals surface area contributed by atoms with Gasteiger partial charge < -0.3 is 10.1 Å². The van der Waals surface area contributed by atoms with Crippen molar-refractivity contribution in [2.24, 2.45) is 5.10 Å². The van der Waals surface area contributed by atoms with E-state index in [0.717, 1.165) is 4.47 Å². The number of halogens is 4. The van der Waals surface area contributed by atoms with Gasteiger partial charge in [-0.25, -0.2) is 9.37 Å². The molecule has 0 radical (unpaired) electrons. The molecular weight excluding hydrogens is 619 g/mol. The lowest BCUT2D eigenvalue weighted by molar-refractivity contribution is -0.118. The summed E-state index contributed by atoms with van der Waals surface area (Å²) in [6.45, 7) is 1.58. The number of hydrogen-bond donors (Lipinski definition) is 1. The number of fused-ring (bicyclic) bond motifs is 1. The van der Waals surface area contributed by atoms with Gasteiger partial charge in [0.25, 0.3) is 11.5 Å². The van der Waals surface area contributed by atoms with E-state index in [2.05, 4.69) is 47.3 Å². The molecule has 11 heteroatoms. The minimum absolute atomic E-state index is 0.240. The van der Waals surface area contributed by atoms with E-state index in [1.807, 2.05) is 13.0 Å². The van der Waals surface area contributed by atoms with Crippen molar-refractivity contribution in [1.82, 2.24) is 9.66 Å². The molecule has 7 nitrogen and oxygen atoms in total. The number of ether oxygens (including phenoxy) is 1. The predicted octanol–water partition coefficient (Wildman–Crippen LogP) is 6.18. The van der Waals surface area contributed by atoms with Crippen LogP contribution >= 0.6 is 43.5 Å². The van der Waals surface area contributed by atoms with Crippen molar-refractivity contribution in [3.8, 4) is 5.75 Å². The van der Waals surface area contributed by atoms with Crippen molar-refractivity contribution in [3.63, 3.8) is 0 Å². The summed E-state index contributed by atoms with van der Waals surface area (Å²) >= 11 is 13.2. The molecule has 1 heterocycles. The molecule has 0 unspecified atom stereocenters. The normalized spacial score (nSPS) is 11.2. The van der Waals surface area contributed by atoms with Crippen molar-refractivity contribution in [2.75, 3.05) is 11.9 Å². The lowest BCUT2D eigenvalue weighted by atomic mass is 10.2. The Labute approximate surface area is 227 Å². The van der Waals surface area contributed by atoms with E-state index < -0.39 is 11.7 Å². The van der Waals surface area contributed by atoms with E-state index in [9.17, 15) is 14.0 Å². The van der Waals surface area contributed by atoms with Gasteiger partial charge in [0.15, 0.2) is 12.4 Å². The summed E-state index contributed by atoms with van der Waals surface area (Å²) in [5.74, 6) is -0.0449. The fraction of sp³-hybridized carbons (Fsp3) is 0.120. The van der Waals surface area contributed by atoms with Gasteiger partial charge in [0.05, 0.1) is 26.6 Å². The highest BCUT2D eigenvalue weighted by molar-refractivity contribution is 9.10. The molecule has 4 rings (SSSR count). The summed E-state index contributed by atoms with van der Waals surface area (Å²) < 4.78 is 21.1. The molecule has 0 fully saturated rings. The van der Waals surface area contributed by atoms with Gasteiger partial charge in [-0.3, -0.25) is 9.59 Å². The molecule has 0 aliphatic carbocycles. The van der Waals surface area contributed by atoms with Crippen LogP contribution in [0.4, 0.5) is 10.1 Å². The number of hydrogen-bond acceptors (Lipinski definition) is 5. The summed E-state index contributed by atoms with van der Waals surface area (Å²) in [5.41, 5.74) is 1.35. The third-order valence-corrected chi connectivity index (χ3v) is 6.37. The number of anilines is 1. The molecule has 184 valence electrons. The molecule has 0 saturated carbocycles. The number of rotatable bonds is 7. The zero-order valence-electron chi connectivity index (χ0n) is 18.8. The van der Waals surface area contributed by atoms with Crippen molar-refractivity contribution in [2.45, 2.75) is 13.3 Å². The van der Waals surface area contributed by atoms with Gasteiger partial charge >= 0.3 is 0 Å². The molecule has 1 N–H and O–H groups in total. The van der Waals surface area contributed by atoms with E-state index in [4.69, 9.17) is 16.3 Å². The molecular formula is C25H18Br2ClFN4O3. The molecule has 1 aromatic heterocycles. The number of carbonyl (C=O) groups excluding carboxylic acids is 1. The Hall–Kier alpha value is -3.08. The SMILES string of the molecule is CCc1nc2ccc(Br)cc2c(=O)n1N=Cc1cc(Cl)c(OCC(=O)Nc2ccc(F)cc2)c(Br)c1. The van der Waals surface area contributed by atoms with Crippen LogP contribution in [-0.2, 0) is 11.2 Å². The van der Waals surface area contributed by atoms with Gasteiger partial charge in [-0.2, -0.15) is 9.78 Å². The van der Waals surface area contributed by atoms with Gasteiger partial charge in [-0.05, 0) is 76.1 Å². The quantitative estimate of drug-likeness (QED) is 0.246. The highest BCUT2D eigenvalue weighted by atomic mass is 79.9. The number of nitrogens with one attached hydrogen (secondary N) is 1. The lowest BCUT2D eigenvalue weighted by Gasteiger charge is -2.11. The molecule has 3 aromatic carbocycles. The standard InChI is InChI=1S/C25H18Br2ClFN4O3/c1-2-22-32-21-8-3-15(26)11-18(21)25(35)33(22)30-12-14-9-19(27)24(20(28)10-14)36-13-23(34)31-17-6-4-16(29)5-7-17/h3-12H,2,13H2,1H3,(H,31,34). The molecule has 0 aliphatic heterocycles. The number of benzene rings is 3. The van der Waals surface area contributed by atoms with Gasteiger partial charge in [0.2, 0.25) is 0 Å².